The number of nitrogens with one attached hydrogen (secondary N) is 1. The smallest absolute Gasteiger partial charge is 0.140 e. The largest absolute Gasteiger partial charge is 0.345 e. The molecule has 1 N–H and O–H groups in total. The summed E-state index contributed by atoms with van der Waals surface area (Å²) in [5, 5.41) is 0.446. The molecule has 1 saturated heterocycles. The van der Waals surface area contributed by atoms with E-state index in [1.165, 1.54) is 37.9 Å². The first-order chi connectivity index (χ1) is 15.3. The van der Waals surface area contributed by atoms with E-state index in [-0.39, 0.29) is 0 Å². The summed E-state index contributed by atoms with van der Waals surface area (Å²) in [6, 6.07) is 21.2. The summed E-state index contributed by atoms with van der Waals surface area (Å²) in [6.07, 6.45) is 7.50. The van der Waals surface area contributed by atoms with E-state index in [2.05, 4.69) is 57.3 Å². The number of halogens is 1. The van der Waals surface area contributed by atoms with Gasteiger partial charge in [0.25, 0.3) is 0 Å². The highest BCUT2D eigenvalue weighted by Gasteiger charge is 2.17. The van der Waals surface area contributed by atoms with Gasteiger partial charge in [0.1, 0.15) is 11.0 Å². The second kappa shape index (κ2) is 9.04. The van der Waals surface area contributed by atoms with Crippen molar-refractivity contribution in [2.75, 3.05) is 13.1 Å². The van der Waals surface area contributed by atoms with Crippen LogP contribution >= 0.6 is 11.6 Å². The molecule has 0 bridgehead atoms. The van der Waals surface area contributed by atoms with Gasteiger partial charge < -0.3 is 4.98 Å². The SMILES string of the molecule is Clc1nc(-c2ccc(CN3CCCCC3)cc2)c(-c2ccccc2)cc1-c1ncc[nH]1. The van der Waals surface area contributed by atoms with E-state index in [0.29, 0.717) is 5.15 Å². The number of hydrogen-bond acceptors (Lipinski definition) is 3. The number of H-pyrrole nitrogens is 1. The lowest BCUT2D eigenvalue weighted by Gasteiger charge is -2.26. The molecule has 0 saturated carbocycles. The Morgan fingerprint density at radius 2 is 1.65 bits per heavy atom. The van der Waals surface area contributed by atoms with Crippen molar-refractivity contribution in [1.29, 1.82) is 0 Å². The fraction of sp³-hybridized carbons (Fsp3) is 0.231. The van der Waals surface area contributed by atoms with Crippen molar-refractivity contribution in [3.05, 3.63) is 83.8 Å². The Hall–Kier alpha value is -2.95. The molecular weight excluding hydrogens is 404 g/mol. The second-order valence-corrected chi connectivity index (χ2v) is 8.42. The van der Waals surface area contributed by atoms with E-state index in [1.54, 1.807) is 12.4 Å². The molecular formula is C26H25ClN4. The van der Waals surface area contributed by atoms with Gasteiger partial charge in [0.05, 0.1) is 11.3 Å². The predicted molar refractivity (Wildman–Crippen MR) is 127 cm³/mol. The van der Waals surface area contributed by atoms with Crippen molar-refractivity contribution >= 4 is 11.6 Å². The molecule has 1 aliphatic rings. The summed E-state index contributed by atoms with van der Waals surface area (Å²) in [6.45, 7) is 3.41. The number of aromatic amines is 1. The Kier molecular flexibility index (Phi) is 5.83. The predicted octanol–water partition coefficient (Wildman–Crippen LogP) is 6.45. The molecule has 3 heterocycles. The lowest BCUT2D eigenvalue weighted by atomic mass is 9.97. The zero-order valence-corrected chi connectivity index (χ0v) is 18.1. The highest BCUT2D eigenvalue weighted by Crippen LogP contribution is 2.36. The molecule has 31 heavy (non-hydrogen) atoms. The maximum atomic E-state index is 6.61. The molecule has 4 aromatic rings. The summed E-state index contributed by atoms with van der Waals surface area (Å²) < 4.78 is 0. The molecule has 2 aromatic heterocycles. The van der Waals surface area contributed by atoms with E-state index in [9.17, 15) is 0 Å². The van der Waals surface area contributed by atoms with Crippen molar-refractivity contribution in [3.8, 4) is 33.8 Å². The van der Waals surface area contributed by atoms with E-state index in [0.717, 1.165) is 40.3 Å². The van der Waals surface area contributed by atoms with Crippen LogP contribution in [0.25, 0.3) is 33.8 Å². The van der Waals surface area contributed by atoms with Crippen molar-refractivity contribution < 1.29 is 0 Å². The zero-order valence-electron chi connectivity index (χ0n) is 17.4. The van der Waals surface area contributed by atoms with Gasteiger partial charge in [-0.3, -0.25) is 4.90 Å². The Morgan fingerprint density at radius 3 is 2.35 bits per heavy atom. The molecule has 4 nitrogen and oxygen atoms in total. The van der Waals surface area contributed by atoms with Crippen molar-refractivity contribution in [3.63, 3.8) is 0 Å². The fourth-order valence-electron chi connectivity index (χ4n) is 4.27. The van der Waals surface area contributed by atoms with E-state index >= 15 is 0 Å². The topological polar surface area (TPSA) is 44.8 Å². The number of hydrogen-bond donors (Lipinski definition) is 1. The van der Waals surface area contributed by atoms with Crippen LogP contribution in [0.1, 0.15) is 24.8 Å². The summed E-state index contributed by atoms with van der Waals surface area (Å²) in [5.74, 6) is 0.720. The third-order valence-electron chi connectivity index (χ3n) is 5.90. The average molecular weight is 429 g/mol. The third kappa shape index (κ3) is 4.41. The fourth-order valence-corrected chi connectivity index (χ4v) is 4.50. The highest BCUT2D eigenvalue weighted by molar-refractivity contribution is 6.32. The van der Waals surface area contributed by atoms with E-state index < -0.39 is 0 Å². The molecule has 1 aliphatic heterocycles. The lowest BCUT2D eigenvalue weighted by molar-refractivity contribution is 0.221. The van der Waals surface area contributed by atoms with Crippen LogP contribution in [-0.2, 0) is 6.54 Å². The number of pyridine rings is 1. The van der Waals surface area contributed by atoms with Crippen LogP contribution in [0.2, 0.25) is 5.15 Å². The molecule has 156 valence electrons. The summed E-state index contributed by atoms with van der Waals surface area (Å²) in [5.41, 5.74) is 6.23. The number of benzene rings is 2. The summed E-state index contributed by atoms with van der Waals surface area (Å²) in [7, 11) is 0. The molecule has 1 fully saturated rings. The van der Waals surface area contributed by atoms with Crippen LogP contribution in [0.5, 0.6) is 0 Å². The first-order valence-electron chi connectivity index (χ1n) is 10.9. The summed E-state index contributed by atoms with van der Waals surface area (Å²) >= 11 is 6.61. The minimum Gasteiger partial charge on any atom is -0.345 e. The zero-order chi connectivity index (χ0) is 21.0. The number of imidazole rings is 1. The van der Waals surface area contributed by atoms with Gasteiger partial charge in [-0.2, -0.15) is 0 Å². The Bertz CT molecular complexity index is 1130. The van der Waals surface area contributed by atoms with Gasteiger partial charge in [-0.05, 0) is 43.1 Å². The Morgan fingerprint density at radius 1 is 0.871 bits per heavy atom. The number of nitrogens with zero attached hydrogens (tertiary/aromatic N) is 3. The van der Waals surface area contributed by atoms with Gasteiger partial charge in [-0.1, -0.05) is 72.6 Å². The monoisotopic (exact) mass is 428 g/mol. The molecule has 5 rings (SSSR count). The maximum absolute atomic E-state index is 6.61. The van der Waals surface area contributed by atoms with Gasteiger partial charge in [0, 0.05) is 30.1 Å². The lowest BCUT2D eigenvalue weighted by Crippen LogP contribution is -2.28. The first-order valence-corrected chi connectivity index (χ1v) is 11.2. The number of rotatable bonds is 5. The van der Waals surface area contributed by atoms with Gasteiger partial charge in [0.15, 0.2) is 0 Å². The van der Waals surface area contributed by atoms with E-state index in [4.69, 9.17) is 16.6 Å². The number of piperidine rings is 1. The van der Waals surface area contributed by atoms with Crippen molar-refractivity contribution in [2.24, 2.45) is 0 Å². The minimum atomic E-state index is 0.446. The third-order valence-corrected chi connectivity index (χ3v) is 6.18. The molecule has 5 heteroatoms. The van der Waals surface area contributed by atoms with Crippen LogP contribution in [0.4, 0.5) is 0 Å². The first kappa shape index (κ1) is 20.0. The minimum absolute atomic E-state index is 0.446. The highest BCUT2D eigenvalue weighted by atomic mass is 35.5. The van der Waals surface area contributed by atoms with Gasteiger partial charge in [0.2, 0.25) is 0 Å². The molecule has 0 radical (unpaired) electrons. The number of likely N-dealkylation sites (tertiary alicyclic amines) is 1. The molecule has 0 unspecified atom stereocenters. The van der Waals surface area contributed by atoms with E-state index in [1.807, 2.05) is 18.2 Å². The molecule has 0 spiro atoms. The number of aromatic nitrogens is 3. The van der Waals surface area contributed by atoms with Crippen LogP contribution in [0.15, 0.2) is 73.1 Å². The maximum Gasteiger partial charge on any atom is 0.140 e. The average Bonchev–Trinajstić information content (AvgIpc) is 3.35. The Balaban J connectivity index is 1.52. The normalized spacial score (nSPS) is 14.6. The van der Waals surface area contributed by atoms with Crippen LogP contribution in [0.3, 0.4) is 0 Å². The van der Waals surface area contributed by atoms with Crippen LogP contribution in [0, 0.1) is 0 Å². The molecule has 0 aliphatic carbocycles. The van der Waals surface area contributed by atoms with Gasteiger partial charge >= 0.3 is 0 Å². The van der Waals surface area contributed by atoms with Crippen LogP contribution < -0.4 is 0 Å². The second-order valence-electron chi connectivity index (χ2n) is 8.06. The molecule has 0 atom stereocenters. The Labute approximate surface area is 187 Å². The van der Waals surface area contributed by atoms with Gasteiger partial charge in [-0.15, -0.1) is 0 Å². The standard InChI is InChI=1S/C26H25ClN4/c27-25-23(26-28-13-14-29-26)17-22(20-7-3-1-4-8-20)24(30-25)21-11-9-19(10-12-21)18-31-15-5-2-6-16-31/h1,3-4,7-14,17H,2,5-6,15-16,18H2,(H,28,29). The van der Waals surface area contributed by atoms with Gasteiger partial charge in [-0.25, -0.2) is 9.97 Å². The molecule has 2 aromatic carbocycles. The van der Waals surface area contributed by atoms with Crippen LogP contribution in [-0.4, -0.2) is 32.9 Å². The quantitative estimate of drug-likeness (QED) is 0.372. The summed E-state index contributed by atoms with van der Waals surface area (Å²) in [4.78, 5) is 14.9. The molecule has 0 amide bonds. The van der Waals surface area contributed by atoms with Crippen molar-refractivity contribution in [1.82, 2.24) is 19.9 Å². The van der Waals surface area contributed by atoms with Crippen molar-refractivity contribution in [2.45, 2.75) is 25.8 Å².